The van der Waals surface area contributed by atoms with Crippen LogP contribution in [0.3, 0.4) is 0 Å². The lowest BCUT2D eigenvalue weighted by atomic mass is 10.00. The van der Waals surface area contributed by atoms with Crippen molar-refractivity contribution in [3.63, 3.8) is 0 Å². The molecule has 1 aromatic heterocycles. The van der Waals surface area contributed by atoms with E-state index >= 15 is 0 Å². The van der Waals surface area contributed by atoms with Gasteiger partial charge < -0.3 is 10.1 Å². The number of rotatable bonds is 6. The largest absolute Gasteiger partial charge is 0.474 e. The average molecular weight is 440 g/mol. The molecule has 2 saturated carbocycles. The second kappa shape index (κ2) is 8.08. The lowest BCUT2D eigenvalue weighted by Gasteiger charge is -2.22. The molecule has 1 amide bonds. The van der Waals surface area contributed by atoms with E-state index in [1.54, 1.807) is 36.4 Å². The molecule has 2 fully saturated rings. The normalized spacial score (nSPS) is 25.1. The Labute approximate surface area is 185 Å². The van der Waals surface area contributed by atoms with Gasteiger partial charge in [-0.3, -0.25) is 4.79 Å². The molecule has 1 N–H and O–H groups in total. The van der Waals surface area contributed by atoms with E-state index < -0.39 is 0 Å². The van der Waals surface area contributed by atoms with Crippen LogP contribution in [0.1, 0.15) is 36.5 Å². The summed E-state index contributed by atoms with van der Waals surface area (Å²) < 4.78 is 20.4. The van der Waals surface area contributed by atoms with Crippen LogP contribution in [0.4, 0.5) is 4.39 Å². The maximum Gasteiger partial charge on any atom is 0.251 e. The van der Waals surface area contributed by atoms with Crippen molar-refractivity contribution in [3.8, 4) is 5.88 Å². The van der Waals surface area contributed by atoms with Crippen LogP contribution in [-0.4, -0.2) is 28.0 Å². The predicted octanol–water partition coefficient (Wildman–Crippen LogP) is 5.03. The SMILES string of the molecule is CCC(NC(=O)c1ccc(Cl)cc1)C1C2CC(Oc3ncnc4cccc(F)c34)CC21. The Balaban J connectivity index is 1.22. The third kappa shape index (κ3) is 3.85. The molecule has 5 nitrogen and oxygen atoms in total. The third-order valence-electron chi connectivity index (χ3n) is 6.65. The second-order valence-electron chi connectivity index (χ2n) is 8.42. The number of hydrogen-bond acceptors (Lipinski definition) is 4. The molecule has 3 aromatic rings. The molecule has 160 valence electrons. The van der Waals surface area contributed by atoms with Crippen molar-refractivity contribution in [2.75, 3.05) is 0 Å². The fourth-order valence-corrected chi connectivity index (χ4v) is 5.27. The lowest BCUT2D eigenvalue weighted by Crippen LogP contribution is -2.37. The fraction of sp³-hybridized carbons (Fsp3) is 0.375. The zero-order valence-corrected chi connectivity index (χ0v) is 17.8. The van der Waals surface area contributed by atoms with Crippen LogP contribution in [0, 0.1) is 23.6 Å². The Morgan fingerprint density at radius 2 is 1.94 bits per heavy atom. The van der Waals surface area contributed by atoms with E-state index in [-0.39, 0.29) is 23.9 Å². The van der Waals surface area contributed by atoms with E-state index in [4.69, 9.17) is 16.3 Å². The van der Waals surface area contributed by atoms with E-state index in [1.807, 2.05) is 0 Å². The molecule has 2 aromatic carbocycles. The van der Waals surface area contributed by atoms with Gasteiger partial charge in [0, 0.05) is 16.6 Å². The first-order chi connectivity index (χ1) is 15.0. The molecule has 5 rings (SSSR count). The Morgan fingerprint density at radius 3 is 2.65 bits per heavy atom. The number of nitrogens with one attached hydrogen (secondary N) is 1. The van der Waals surface area contributed by atoms with Gasteiger partial charge in [-0.2, -0.15) is 0 Å². The van der Waals surface area contributed by atoms with Gasteiger partial charge in [-0.1, -0.05) is 24.6 Å². The number of carbonyl (C=O) groups is 1. The Morgan fingerprint density at radius 1 is 1.19 bits per heavy atom. The van der Waals surface area contributed by atoms with E-state index in [0.717, 1.165) is 19.3 Å². The minimum Gasteiger partial charge on any atom is -0.474 e. The van der Waals surface area contributed by atoms with Gasteiger partial charge in [0.25, 0.3) is 5.91 Å². The van der Waals surface area contributed by atoms with Crippen LogP contribution >= 0.6 is 11.6 Å². The molecule has 3 atom stereocenters. The number of benzene rings is 2. The van der Waals surface area contributed by atoms with Crippen molar-refractivity contribution in [2.45, 2.75) is 38.3 Å². The van der Waals surface area contributed by atoms with Crippen molar-refractivity contribution >= 4 is 28.4 Å². The number of aromatic nitrogens is 2. The summed E-state index contributed by atoms with van der Waals surface area (Å²) in [6.07, 6.45) is 4.08. The van der Waals surface area contributed by atoms with Crippen LogP contribution in [0.15, 0.2) is 48.8 Å². The molecular formula is C24H23ClFN3O2. The number of nitrogens with zero attached hydrogens (tertiary/aromatic N) is 2. The van der Waals surface area contributed by atoms with Gasteiger partial charge >= 0.3 is 0 Å². The van der Waals surface area contributed by atoms with Crippen LogP contribution in [-0.2, 0) is 0 Å². The highest BCUT2D eigenvalue weighted by Gasteiger charge is 2.59. The van der Waals surface area contributed by atoms with E-state index in [1.165, 1.54) is 12.4 Å². The summed E-state index contributed by atoms with van der Waals surface area (Å²) in [6, 6.07) is 11.9. The number of halogens is 2. The summed E-state index contributed by atoms with van der Waals surface area (Å²) in [5.41, 5.74) is 1.16. The van der Waals surface area contributed by atoms with Gasteiger partial charge in [-0.05, 0) is 73.4 Å². The van der Waals surface area contributed by atoms with E-state index in [9.17, 15) is 9.18 Å². The van der Waals surface area contributed by atoms with Crippen molar-refractivity contribution in [3.05, 3.63) is 65.2 Å². The molecule has 0 aliphatic heterocycles. The summed E-state index contributed by atoms with van der Waals surface area (Å²) >= 11 is 5.91. The zero-order valence-electron chi connectivity index (χ0n) is 17.1. The Bertz CT molecular complexity index is 1110. The predicted molar refractivity (Wildman–Crippen MR) is 117 cm³/mol. The van der Waals surface area contributed by atoms with Crippen LogP contribution in [0.5, 0.6) is 5.88 Å². The smallest absolute Gasteiger partial charge is 0.251 e. The Hall–Kier alpha value is -2.73. The van der Waals surface area contributed by atoms with Crippen molar-refractivity contribution < 1.29 is 13.9 Å². The quantitative estimate of drug-likeness (QED) is 0.584. The summed E-state index contributed by atoms with van der Waals surface area (Å²) in [6.45, 7) is 2.10. The molecule has 31 heavy (non-hydrogen) atoms. The molecule has 1 heterocycles. The zero-order chi connectivity index (χ0) is 21.5. The number of carbonyl (C=O) groups excluding carboxylic acids is 1. The van der Waals surface area contributed by atoms with Gasteiger partial charge in [0.1, 0.15) is 18.2 Å². The molecule has 0 spiro atoms. The van der Waals surface area contributed by atoms with Gasteiger partial charge in [-0.15, -0.1) is 0 Å². The van der Waals surface area contributed by atoms with Gasteiger partial charge in [-0.25, -0.2) is 14.4 Å². The number of fused-ring (bicyclic) bond motifs is 2. The van der Waals surface area contributed by atoms with Crippen LogP contribution in [0.2, 0.25) is 5.02 Å². The topological polar surface area (TPSA) is 64.1 Å². The first-order valence-corrected chi connectivity index (χ1v) is 11.0. The first-order valence-electron chi connectivity index (χ1n) is 10.7. The Kier molecular flexibility index (Phi) is 5.26. The van der Waals surface area contributed by atoms with Crippen LogP contribution in [0.25, 0.3) is 10.9 Å². The highest BCUT2D eigenvalue weighted by Crippen LogP contribution is 2.60. The van der Waals surface area contributed by atoms with Crippen molar-refractivity contribution in [1.82, 2.24) is 15.3 Å². The van der Waals surface area contributed by atoms with Gasteiger partial charge in [0.2, 0.25) is 5.88 Å². The molecule has 2 aliphatic carbocycles. The standard InChI is InChI=1S/C24H23ClFN3O2/c1-2-19(29-23(30)13-6-8-14(25)9-7-13)21-16-10-15(11-17(16)21)31-24-22-18(26)4-3-5-20(22)27-12-28-24/h3-9,12,15-17,19,21H,2,10-11H2,1H3,(H,29,30). The number of hydrogen-bond donors (Lipinski definition) is 1. The lowest BCUT2D eigenvalue weighted by molar-refractivity contribution is 0.0924. The fourth-order valence-electron chi connectivity index (χ4n) is 5.15. The van der Waals surface area contributed by atoms with Crippen molar-refractivity contribution in [1.29, 1.82) is 0 Å². The summed E-state index contributed by atoms with van der Waals surface area (Å²) in [5, 5.41) is 4.15. The molecule has 0 radical (unpaired) electrons. The highest BCUT2D eigenvalue weighted by atomic mass is 35.5. The first kappa shape index (κ1) is 20.2. The summed E-state index contributed by atoms with van der Waals surface area (Å²) in [4.78, 5) is 20.9. The summed E-state index contributed by atoms with van der Waals surface area (Å²) in [5.74, 6) is 1.36. The molecular weight excluding hydrogens is 417 g/mol. The van der Waals surface area contributed by atoms with Crippen LogP contribution < -0.4 is 10.1 Å². The average Bonchev–Trinajstić information content (AvgIpc) is 3.26. The molecule has 7 heteroatoms. The monoisotopic (exact) mass is 439 g/mol. The number of ether oxygens (including phenoxy) is 1. The molecule has 0 bridgehead atoms. The summed E-state index contributed by atoms with van der Waals surface area (Å²) in [7, 11) is 0. The molecule has 2 aliphatic rings. The van der Waals surface area contributed by atoms with Gasteiger partial charge in [0.15, 0.2) is 0 Å². The maximum atomic E-state index is 14.3. The van der Waals surface area contributed by atoms with E-state index in [0.29, 0.717) is 45.1 Å². The van der Waals surface area contributed by atoms with E-state index in [2.05, 4.69) is 22.2 Å². The number of amides is 1. The molecule has 3 unspecified atom stereocenters. The minimum absolute atomic E-state index is 0.00780. The molecule has 0 saturated heterocycles. The maximum absolute atomic E-state index is 14.3. The minimum atomic E-state index is -0.370. The second-order valence-corrected chi connectivity index (χ2v) is 8.86. The van der Waals surface area contributed by atoms with Crippen molar-refractivity contribution in [2.24, 2.45) is 17.8 Å². The van der Waals surface area contributed by atoms with Gasteiger partial charge in [0.05, 0.1) is 10.9 Å². The third-order valence-corrected chi connectivity index (χ3v) is 6.90. The highest BCUT2D eigenvalue weighted by molar-refractivity contribution is 6.30.